The Bertz CT molecular complexity index is 802. The highest BCUT2D eigenvalue weighted by Crippen LogP contribution is 2.36. The molecule has 1 aliphatic heterocycles. The second-order valence-corrected chi connectivity index (χ2v) is 7.16. The lowest BCUT2D eigenvalue weighted by atomic mass is 10.1. The van der Waals surface area contributed by atoms with Crippen LogP contribution in [0, 0.1) is 0 Å². The van der Waals surface area contributed by atoms with E-state index in [1.54, 1.807) is 24.3 Å². The van der Waals surface area contributed by atoms with Crippen LogP contribution in [0.4, 0.5) is 24.5 Å². The average molecular weight is 427 g/mol. The molecule has 138 valence electrons. The molecule has 0 bridgehead atoms. The predicted octanol–water partition coefficient (Wildman–Crippen LogP) is 5.71. The molecule has 1 amide bonds. The van der Waals surface area contributed by atoms with Crippen molar-refractivity contribution in [1.82, 2.24) is 0 Å². The smallest absolute Gasteiger partial charge is 0.370 e. The van der Waals surface area contributed by atoms with Gasteiger partial charge in [0.1, 0.15) is 0 Å². The normalized spacial score (nSPS) is 15.0. The second-order valence-electron chi connectivity index (χ2n) is 6.24. The highest BCUT2D eigenvalue weighted by Gasteiger charge is 2.32. The summed E-state index contributed by atoms with van der Waals surface area (Å²) >= 11 is 3.29. The molecular weight excluding hydrogens is 409 g/mol. The molecule has 1 aliphatic rings. The van der Waals surface area contributed by atoms with Crippen molar-refractivity contribution in [3.63, 3.8) is 0 Å². The predicted molar refractivity (Wildman–Crippen MR) is 99.6 cm³/mol. The van der Waals surface area contributed by atoms with Crippen LogP contribution in [-0.4, -0.2) is 19.0 Å². The molecule has 3 nitrogen and oxygen atoms in total. The maximum absolute atomic E-state index is 13.1. The van der Waals surface area contributed by atoms with Gasteiger partial charge in [-0.1, -0.05) is 22.0 Å². The van der Waals surface area contributed by atoms with E-state index in [4.69, 9.17) is 0 Å². The van der Waals surface area contributed by atoms with Gasteiger partial charge >= 0.3 is 6.18 Å². The zero-order valence-corrected chi connectivity index (χ0v) is 15.5. The molecule has 2 aromatic rings. The van der Waals surface area contributed by atoms with Crippen LogP contribution in [0.25, 0.3) is 0 Å². The maximum atomic E-state index is 13.1. The highest BCUT2D eigenvalue weighted by molar-refractivity contribution is 9.10. The summed E-state index contributed by atoms with van der Waals surface area (Å²) in [4.78, 5) is 14.6. The Hall–Kier alpha value is -2.02. The molecular formula is C19H18BrF3N2O. The Morgan fingerprint density at radius 2 is 1.77 bits per heavy atom. The fraction of sp³-hybridized carbons (Fsp3) is 0.316. The molecule has 0 unspecified atom stereocenters. The summed E-state index contributed by atoms with van der Waals surface area (Å²) in [5.41, 5.74) is 0.414. The number of carbonyl (C=O) groups excluding carboxylic acids is 1. The molecule has 26 heavy (non-hydrogen) atoms. The van der Waals surface area contributed by atoms with Gasteiger partial charge in [0.25, 0.3) is 5.91 Å². The van der Waals surface area contributed by atoms with E-state index < -0.39 is 17.6 Å². The van der Waals surface area contributed by atoms with Gasteiger partial charge in [0.2, 0.25) is 0 Å². The molecule has 3 rings (SSSR count). The Balaban J connectivity index is 1.94. The van der Waals surface area contributed by atoms with E-state index in [2.05, 4.69) is 21.2 Å². The van der Waals surface area contributed by atoms with Crippen molar-refractivity contribution in [3.05, 3.63) is 58.1 Å². The highest BCUT2D eigenvalue weighted by atomic mass is 79.9. The van der Waals surface area contributed by atoms with Crippen molar-refractivity contribution in [2.24, 2.45) is 0 Å². The first kappa shape index (κ1) is 18.8. The van der Waals surface area contributed by atoms with Gasteiger partial charge in [-0.3, -0.25) is 4.79 Å². The number of hydrogen-bond donors (Lipinski definition) is 1. The molecule has 1 saturated heterocycles. The number of rotatable bonds is 3. The number of piperidine rings is 1. The number of halogens is 4. The lowest BCUT2D eigenvalue weighted by Crippen LogP contribution is -2.30. The van der Waals surface area contributed by atoms with Gasteiger partial charge in [0, 0.05) is 23.1 Å². The first-order valence-electron chi connectivity index (χ1n) is 8.38. The Kier molecular flexibility index (Phi) is 5.55. The van der Waals surface area contributed by atoms with Gasteiger partial charge in [0.05, 0.1) is 16.9 Å². The SMILES string of the molecule is O=C(Nc1cc(C(F)(F)F)ccc1N1CCCCC1)c1cccc(Br)c1. The van der Waals surface area contributed by atoms with E-state index in [0.29, 0.717) is 11.3 Å². The minimum absolute atomic E-state index is 0.187. The van der Waals surface area contributed by atoms with Gasteiger partial charge < -0.3 is 10.2 Å². The van der Waals surface area contributed by atoms with Crippen molar-refractivity contribution in [2.75, 3.05) is 23.3 Å². The molecule has 0 radical (unpaired) electrons. The number of amides is 1. The van der Waals surface area contributed by atoms with Gasteiger partial charge in [-0.05, 0) is 55.7 Å². The summed E-state index contributed by atoms with van der Waals surface area (Å²) in [6.07, 6.45) is -1.38. The maximum Gasteiger partial charge on any atom is 0.416 e. The zero-order valence-electron chi connectivity index (χ0n) is 13.9. The zero-order chi connectivity index (χ0) is 18.7. The van der Waals surface area contributed by atoms with E-state index in [9.17, 15) is 18.0 Å². The van der Waals surface area contributed by atoms with Crippen molar-refractivity contribution in [2.45, 2.75) is 25.4 Å². The topological polar surface area (TPSA) is 32.3 Å². The number of carbonyl (C=O) groups is 1. The number of alkyl halides is 3. The van der Waals surface area contributed by atoms with E-state index in [1.807, 2.05) is 4.90 Å². The van der Waals surface area contributed by atoms with Crippen LogP contribution in [0.2, 0.25) is 0 Å². The molecule has 1 N–H and O–H groups in total. The third-order valence-electron chi connectivity index (χ3n) is 4.36. The molecule has 7 heteroatoms. The standard InChI is InChI=1S/C19H18BrF3N2O/c20-15-6-4-5-13(11-15)18(26)24-16-12-14(19(21,22)23)7-8-17(16)25-9-2-1-3-10-25/h4-8,11-12H,1-3,9-10H2,(H,24,26). The van der Waals surface area contributed by atoms with E-state index in [1.165, 1.54) is 6.07 Å². The summed E-state index contributed by atoms with van der Waals surface area (Å²) in [5, 5.41) is 2.66. The number of anilines is 2. The second kappa shape index (κ2) is 7.70. The Labute approximate surface area is 158 Å². The molecule has 0 aliphatic carbocycles. The fourth-order valence-electron chi connectivity index (χ4n) is 3.05. The minimum Gasteiger partial charge on any atom is -0.370 e. The number of nitrogens with zero attached hydrogens (tertiary/aromatic N) is 1. The summed E-state index contributed by atoms with van der Waals surface area (Å²) in [7, 11) is 0. The average Bonchev–Trinajstić information content (AvgIpc) is 2.61. The summed E-state index contributed by atoms with van der Waals surface area (Å²) < 4.78 is 40.1. The molecule has 0 spiro atoms. The van der Waals surface area contributed by atoms with Crippen LogP contribution in [0.3, 0.4) is 0 Å². The van der Waals surface area contributed by atoms with E-state index in [-0.39, 0.29) is 5.69 Å². The van der Waals surface area contributed by atoms with Crippen molar-refractivity contribution in [3.8, 4) is 0 Å². The van der Waals surface area contributed by atoms with Crippen LogP contribution in [-0.2, 0) is 6.18 Å². The lowest BCUT2D eigenvalue weighted by molar-refractivity contribution is -0.137. The first-order chi connectivity index (χ1) is 12.3. The summed E-state index contributed by atoms with van der Waals surface area (Å²) in [5.74, 6) is -0.441. The van der Waals surface area contributed by atoms with Crippen LogP contribution < -0.4 is 10.2 Å². The minimum atomic E-state index is -4.46. The number of benzene rings is 2. The van der Waals surface area contributed by atoms with Gasteiger partial charge in [-0.2, -0.15) is 13.2 Å². The van der Waals surface area contributed by atoms with E-state index in [0.717, 1.165) is 49.0 Å². The Morgan fingerprint density at radius 1 is 1.04 bits per heavy atom. The summed E-state index contributed by atoms with van der Waals surface area (Å²) in [6, 6.07) is 10.3. The molecule has 1 heterocycles. The molecule has 0 saturated carbocycles. The third kappa shape index (κ3) is 4.38. The van der Waals surface area contributed by atoms with Gasteiger partial charge in [-0.25, -0.2) is 0 Å². The van der Waals surface area contributed by atoms with Gasteiger partial charge in [0.15, 0.2) is 0 Å². The Morgan fingerprint density at radius 3 is 2.42 bits per heavy atom. The monoisotopic (exact) mass is 426 g/mol. The molecule has 0 atom stereocenters. The van der Waals surface area contributed by atoms with Crippen LogP contribution in [0.15, 0.2) is 46.9 Å². The largest absolute Gasteiger partial charge is 0.416 e. The van der Waals surface area contributed by atoms with Crippen LogP contribution >= 0.6 is 15.9 Å². The van der Waals surface area contributed by atoms with Crippen LogP contribution in [0.5, 0.6) is 0 Å². The quantitative estimate of drug-likeness (QED) is 0.681. The van der Waals surface area contributed by atoms with Crippen LogP contribution in [0.1, 0.15) is 35.2 Å². The number of hydrogen-bond acceptors (Lipinski definition) is 2. The molecule has 1 fully saturated rings. The van der Waals surface area contributed by atoms with Crippen molar-refractivity contribution in [1.29, 1.82) is 0 Å². The fourth-order valence-corrected chi connectivity index (χ4v) is 3.45. The van der Waals surface area contributed by atoms with Crippen molar-refractivity contribution >= 4 is 33.2 Å². The lowest BCUT2D eigenvalue weighted by Gasteiger charge is -2.31. The molecule has 2 aromatic carbocycles. The third-order valence-corrected chi connectivity index (χ3v) is 4.85. The van der Waals surface area contributed by atoms with E-state index >= 15 is 0 Å². The first-order valence-corrected chi connectivity index (χ1v) is 9.17. The van der Waals surface area contributed by atoms with Crippen molar-refractivity contribution < 1.29 is 18.0 Å². The molecule has 0 aromatic heterocycles. The van der Waals surface area contributed by atoms with Gasteiger partial charge in [-0.15, -0.1) is 0 Å². The number of nitrogens with one attached hydrogen (secondary N) is 1. The summed E-state index contributed by atoms with van der Waals surface area (Å²) in [6.45, 7) is 1.54.